The highest BCUT2D eigenvalue weighted by atomic mass is 79.9. The molecule has 0 saturated carbocycles. The van der Waals surface area contributed by atoms with E-state index in [2.05, 4.69) is 38.1 Å². The molecule has 1 amide bonds. The Kier molecular flexibility index (Phi) is 3.77. The van der Waals surface area contributed by atoms with Gasteiger partial charge in [0, 0.05) is 28.1 Å². The average Bonchev–Trinajstić information content (AvgIpc) is 2.86. The molecule has 1 heterocycles. The summed E-state index contributed by atoms with van der Waals surface area (Å²) in [5.41, 5.74) is 4.95. The summed E-state index contributed by atoms with van der Waals surface area (Å²) in [5, 5.41) is 0.899. The molecule has 3 rings (SSSR count). The predicted octanol–water partition coefficient (Wildman–Crippen LogP) is 3.06. The van der Waals surface area contributed by atoms with E-state index in [1.165, 1.54) is 0 Å². The van der Waals surface area contributed by atoms with E-state index >= 15 is 0 Å². The molecule has 2 aromatic carbocycles. The summed E-state index contributed by atoms with van der Waals surface area (Å²) in [6.45, 7) is 0.692. The highest BCUT2D eigenvalue weighted by molar-refractivity contribution is 9.10. The summed E-state index contributed by atoms with van der Waals surface area (Å²) >= 11 is 3.47. The number of halogens is 1. The van der Waals surface area contributed by atoms with Crippen molar-refractivity contribution in [2.24, 2.45) is 5.84 Å². The molecule has 0 aliphatic rings. The summed E-state index contributed by atoms with van der Waals surface area (Å²) < 4.78 is 3.10. The summed E-state index contributed by atoms with van der Waals surface area (Å²) in [4.78, 5) is 11.9. The Bertz CT molecular complexity index is 810. The second kappa shape index (κ2) is 5.71. The van der Waals surface area contributed by atoms with Gasteiger partial charge in [-0.15, -0.1) is 0 Å². The van der Waals surface area contributed by atoms with E-state index in [-0.39, 0.29) is 5.91 Å². The highest BCUT2D eigenvalue weighted by Gasteiger charge is 2.13. The van der Waals surface area contributed by atoms with Crippen molar-refractivity contribution in [3.8, 4) is 0 Å². The Morgan fingerprint density at radius 2 is 2.00 bits per heavy atom. The third-order valence-electron chi connectivity index (χ3n) is 3.41. The molecule has 0 radical (unpaired) electrons. The fourth-order valence-corrected chi connectivity index (χ4v) is 2.91. The molecule has 1 aromatic heterocycles. The van der Waals surface area contributed by atoms with Gasteiger partial charge in [0.15, 0.2) is 0 Å². The molecule has 0 fully saturated rings. The van der Waals surface area contributed by atoms with Crippen molar-refractivity contribution in [3.63, 3.8) is 0 Å². The van der Waals surface area contributed by atoms with Crippen LogP contribution in [0.3, 0.4) is 0 Å². The SMILES string of the molecule is NNC(=O)c1cn(Cc2cccc(Br)c2)c2ccccc12. The van der Waals surface area contributed by atoms with Crippen LogP contribution in [0.1, 0.15) is 15.9 Å². The normalized spacial score (nSPS) is 10.8. The summed E-state index contributed by atoms with van der Waals surface area (Å²) in [6.07, 6.45) is 1.84. The van der Waals surface area contributed by atoms with Crippen molar-refractivity contribution in [2.75, 3.05) is 0 Å². The number of nitrogens with zero attached hydrogens (tertiary/aromatic N) is 1. The van der Waals surface area contributed by atoms with E-state index in [4.69, 9.17) is 5.84 Å². The molecule has 0 aliphatic carbocycles. The van der Waals surface area contributed by atoms with E-state index < -0.39 is 0 Å². The molecule has 0 bridgehead atoms. The Hall–Kier alpha value is -2.11. The van der Waals surface area contributed by atoms with Crippen LogP contribution in [0.2, 0.25) is 0 Å². The van der Waals surface area contributed by atoms with Crippen LogP contribution >= 0.6 is 15.9 Å². The average molecular weight is 344 g/mol. The third-order valence-corrected chi connectivity index (χ3v) is 3.90. The van der Waals surface area contributed by atoms with Gasteiger partial charge in [-0.05, 0) is 23.8 Å². The van der Waals surface area contributed by atoms with Gasteiger partial charge in [0.05, 0.1) is 5.56 Å². The van der Waals surface area contributed by atoms with Crippen LogP contribution in [0.4, 0.5) is 0 Å². The van der Waals surface area contributed by atoms with E-state index in [0.717, 1.165) is 20.9 Å². The van der Waals surface area contributed by atoms with E-state index in [9.17, 15) is 4.79 Å². The minimum atomic E-state index is -0.279. The Balaban J connectivity index is 2.08. The van der Waals surface area contributed by atoms with E-state index in [1.807, 2.05) is 42.6 Å². The van der Waals surface area contributed by atoms with Crippen LogP contribution in [-0.2, 0) is 6.54 Å². The zero-order valence-electron chi connectivity index (χ0n) is 11.2. The number of benzene rings is 2. The second-order valence-corrected chi connectivity index (χ2v) is 5.71. The molecule has 0 unspecified atom stereocenters. The molecule has 21 heavy (non-hydrogen) atoms. The van der Waals surface area contributed by atoms with Gasteiger partial charge in [-0.25, -0.2) is 5.84 Å². The number of amides is 1. The van der Waals surface area contributed by atoms with Gasteiger partial charge >= 0.3 is 0 Å². The van der Waals surface area contributed by atoms with Gasteiger partial charge < -0.3 is 4.57 Å². The van der Waals surface area contributed by atoms with Crippen LogP contribution in [0.15, 0.2) is 59.2 Å². The standard InChI is InChI=1S/C16H14BrN3O/c17-12-5-3-4-11(8-12)9-20-10-14(16(21)19-18)13-6-1-2-7-15(13)20/h1-8,10H,9,18H2,(H,19,21). The van der Waals surface area contributed by atoms with Crippen molar-refractivity contribution in [1.29, 1.82) is 0 Å². The van der Waals surface area contributed by atoms with Gasteiger partial charge in [0.25, 0.3) is 5.91 Å². The lowest BCUT2D eigenvalue weighted by Crippen LogP contribution is -2.29. The minimum Gasteiger partial charge on any atom is -0.342 e. The van der Waals surface area contributed by atoms with Crippen LogP contribution in [0.5, 0.6) is 0 Å². The summed E-state index contributed by atoms with van der Waals surface area (Å²) in [7, 11) is 0. The number of rotatable bonds is 3. The van der Waals surface area contributed by atoms with Crippen LogP contribution in [0.25, 0.3) is 10.9 Å². The number of fused-ring (bicyclic) bond motifs is 1. The zero-order chi connectivity index (χ0) is 14.8. The summed E-state index contributed by atoms with van der Waals surface area (Å²) in [6, 6.07) is 15.9. The maximum Gasteiger partial charge on any atom is 0.267 e. The number of nitrogen functional groups attached to an aromatic ring is 1. The van der Waals surface area contributed by atoms with Gasteiger partial charge in [-0.1, -0.05) is 46.3 Å². The summed E-state index contributed by atoms with van der Waals surface area (Å²) in [5.74, 6) is 4.98. The number of aromatic nitrogens is 1. The van der Waals surface area contributed by atoms with Gasteiger partial charge in [-0.3, -0.25) is 10.2 Å². The number of carbonyl (C=O) groups is 1. The minimum absolute atomic E-state index is 0.279. The number of nitrogens with two attached hydrogens (primary N) is 1. The van der Waals surface area contributed by atoms with Crippen molar-refractivity contribution in [1.82, 2.24) is 9.99 Å². The molecule has 4 nitrogen and oxygen atoms in total. The smallest absolute Gasteiger partial charge is 0.267 e. The third kappa shape index (κ3) is 2.70. The van der Waals surface area contributed by atoms with Gasteiger partial charge in [0.2, 0.25) is 0 Å². The molecule has 106 valence electrons. The fourth-order valence-electron chi connectivity index (χ4n) is 2.47. The number of para-hydroxylation sites is 1. The first-order valence-electron chi connectivity index (χ1n) is 6.52. The quantitative estimate of drug-likeness (QED) is 0.436. The monoisotopic (exact) mass is 343 g/mol. The Morgan fingerprint density at radius 3 is 2.76 bits per heavy atom. The number of nitrogens with one attached hydrogen (secondary N) is 1. The molecule has 0 saturated heterocycles. The first-order chi connectivity index (χ1) is 10.2. The lowest BCUT2D eigenvalue weighted by Gasteiger charge is -2.06. The molecule has 5 heteroatoms. The molecular weight excluding hydrogens is 330 g/mol. The molecule has 3 aromatic rings. The van der Waals surface area contributed by atoms with Gasteiger partial charge in [-0.2, -0.15) is 0 Å². The first-order valence-corrected chi connectivity index (χ1v) is 7.31. The predicted molar refractivity (Wildman–Crippen MR) is 86.8 cm³/mol. The largest absolute Gasteiger partial charge is 0.342 e. The molecule has 0 spiro atoms. The number of hydrogen-bond donors (Lipinski definition) is 2. The molecule has 0 aliphatic heterocycles. The van der Waals surface area contributed by atoms with Crippen LogP contribution < -0.4 is 11.3 Å². The number of hydrogen-bond acceptors (Lipinski definition) is 2. The van der Waals surface area contributed by atoms with E-state index in [0.29, 0.717) is 12.1 Å². The lowest BCUT2D eigenvalue weighted by molar-refractivity contribution is 0.0955. The number of carbonyl (C=O) groups excluding carboxylic acids is 1. The Labute approximate surface area is 130 Å². The molecule has 0 atom stereocenters. The molecule has 3 N–H and O–H groups in total. The van der Waals surface area contributed by atoms with E-state index in [1.54, 1.807) is 0 Å². The molecular formula is C16H14BrN3O. The van der Waals surface area contributed by atoms with Crippen LogP contribution in [0, 0.1) is 0 Å². The first kappa shape index (κ1) is 13.9. The maximum atomic E-state index is 11.9. The van der Waals surface area contributed by atoms with Crippen LogP contribution in [-0.4, -0.2) is 10.5 Å². The van der Waals surface area contributed by atoms with Crippen molar-refractivity contribution >= 4 is 32.7 Å². The number of hydrazine groups is 1. The maximum absolute atomic E-state index is 11.9. The van der Waals surface area contributed by atoms with Crippen molar-refractivity contribution in [3.05, 3.63) is 70.3 Å². The highest BCUT2D eigenvalue weighted by Crippen LogP contribution is 2.23. The topological polar surface area (TPSA) is 60.0 Å². The van der Waals surface area contributed by atoms with Gasteiger partial charge in [0.1, 0.15) is 0 Å². The van der Waals surface area contributed by atoms with Crippen molar-refractivity contribution in [2.45, 2.75) is 6.54 Å². The van der Waals surface area contributed by atoms with Crippen molar-refractivity contribution < 1.29 is 4.79 Å². The zero-order valence-corrected chi connectivity index (χ0v) is 12.8. The Morgan fingerprint density at radius 1 is 1.19 bits per heavy atom. The fraction of sp³-hybridized carbons (Fsp3) is 0.0625. The second-order valence-electron chi connectivity index (χ2n) is 4.79. The lowest BCUT2D eigenvalue weighted by atomic mass is 10.2.